The van der Waals surface area contributed by atoms with Gasteiger partial charge in [0.25, 0.3) is 0 Å². The van der Waals surface area contributed by atoms with Gasteiger partial charge in [0.1, 0.15) is 18.1 Å². The summed E-state index contributed by atoms with van der Waals surface area (Å²) >= 11 is 12.0. The molecule has 2 aromatic rings. The van der Waals surface area contributed by atoms with Crippen molar-refractivity contribution in [2.24, 2.45) is 0 Å². The maximum absolute atomic E-state index is 8.74. The Morgan fingerprint density at radius 3 is 1.57 bits per heavy atom. The van der Waals surface area contributed by atoms with Crippen LogP contribution in [0.5, 0.6) is 11.5 Å². The van der Waals surface area contributed by atoms with Crippen LogP contribution in [0.15, 0.2) is 57.5 Å². The van der Waals surface area contributed by atoms with Gasteiger partial charge in [0.2, 0.25) is 0 Å². The minimum Gasteiger partial charge on any atom is -0.508 e. The van der Waals surface area contributed by atoms with E-state index in [9.17, 15) is 0 Å². The molecule has 0 radical (unpaired) electrons. The molecule has 0 amide bonds. The van der Waals surface area contributed by atoms with Crippen LogP contribution in [0.25, 0.3) is 0 Å². The maximum atomic E-state index is 8.74. The molecule has 0 spiro atoms. The topological polar surface area (TPSA) is 35.9 Å². The Morgan fingerprint density at radius 2 is 1.25 bits per heavy atom. The molecule has 0 fully saturated rings. The highest BCUT2D eigenvalue weighted by Crippen LogP contribution is 2.16. The van der Waals surface area contributed by atoms with Crippen LogP contribution in [0.3, 0.4) is 0 Å². The van der Waals surface area contributed by atoms with Crippen molar-refractivity contribution >= 4 is 55.9 Å². The van der Waals surface area contributed by atoms with Crippen LogP contribution in [0.4, 0.5) is 0 Å². The lowest BCUT2D eigenvalue weighted by molar-refractivity contribution is 0.261. The number of ether oxygens (including phenoxy) is 1. The van der Waals surface area contributed by atoms with Gasteiger partial charge in [0.15, 0.2) is 0 Å². The van der Waals surface area contributed by atoms with Crippen LogP contribution in [0, 0.1) is 0 Å². The van der Waals surface area contributed by atoms with Crippen LogP contribution in [-0.4, -0.2) is 68.7 Å². The van der Waals surface area contributed by atoms with Crippen molar-refractivity contribution in [1.82, 2.24) is 9.80 Å². The number of rotatable bonds is 6. The molecule has 0 saturated heterocycles. The molecule has 28 heavy (non-hydrogen) atoms. The van der Waals surface area contributed by atoms with Gasteiger partial charge in [-0.1, -0.05) is 31.9 Å². The number of halogens is 4. The summed E-state index contributed by atoms with van der Waals surface area (Å²) in [7, 11) is 8.07. The quantitative estimate of drug-likeness (QED) is 0.456. The number of hydrogen-bond donors (Lipinski definition) is 1. The molecule has 0 aromatic heterocycles. The fourth-order valence-corrected chi connectivity index (χ4v) is 2.35. The molecule has 0 heterocycles. The predicted molar refractivity (Wildman–Crippen MR) is 131 cm³/mol. The average Bonchev–Trinajstić information content (AvgIpc) is 2.60. The molecule has 0 aliphatic rings. The smallest absolute Gasteiger partial charge is 0.119 e. The molecular weight excluding hydrogens is 531 g/mol. The first kappa shape index (κ1) is 29.7. The minimum absolute atomic E-state index is 0. The van der Waals surface area contributed by atoms with Gasteiger partial charge in [-0.05, 0) is 76.7 Å². The van der Waals surface area contributed by atoms with Crippen molar-refractivity contribution in [3.05, 3.63) is 57.5 Å². The molecule has 0 unspecified atom stereocenters. The molecule has 4 nitrogen and oxygen atoms in total. The summed E-state index contributed by atoms with van der Waals surface area (Å²) in [6, 6.07) is 14.7. The summed E-state index contributed by atoms with van der Waals surface area (Å²) in [6.45, 7) is 2.65. The summed E-state index contributed by atoms with van der Waals surface area (Å²) in [5, 5.41) is 8.74. The van der Waals surface area contributed by atoms with E-state index in [2.05, 4.69) is 36.8 Å². The van der Waals surface area contributed by atoms with Crippen molar-refractivity contribution < 1.29 is 9.84 Å². The summed E-state index contributed by atoms with van der Waals surface area (Å²) in [5.74, 6) is 1.95. The van der Waals surface area contributed by atoms with Gasteiger partial charge in [0, 0.05) is 27.9 Å². The van der Waals surface area contributed by atoms with E-state index in [1.165, 1.54) is 0 Å². The molecule has 2 aromatic carbocycles. The van der Waals surface area contributed by atoms with Gasteiger partial charge in [0.05, 0.1) is 0 Å². The van der Waals surface area contributed by atoms with Crippen molar-refractivity contribution in [3.8, 4) is 11.5 Å². The number of nitrogens with zero attached hydrogens (tertiary/aromatic N) is 2. The molecule has 0 saturated carbocycles. The first-order valence-electron chi connectivity index (χ1n) is 8.43. The predicted octanol–water partition coefficient (Wildman–Crippen LogP) is 5.75. The molecule has 2 rings (SSSR count). The molecule has 0 aliphatic carbocycles. The maximum Gasteiger partial charge on any atom is 0.119 e. The van der Waals surface area contributed by atoms with Gasteiger partial charge in [-0.25, -0.2) is 0 Å². The Balaban J connectivity index is 0. The number of phenols is 1. The van der Waals surface area contributed by atoms with E-state index in [-0.39, 0.29) is 12.4 Å². The zero-order valence-corrected chi connectivity index (χ0v) is 21.5. The normalized spacial score (nSPS) is 9.61. The van der Waals surface area contributed by atoms with E-state index >= 15 is 0 Å². The van der Waals surface area contributed by atoms with Crippen molar-refractivity contribution in [2.75, 3.05) is 53.8 Å². The number of hydrogen-bond acceptors (Lipinski definition) is 4. The lowest BCUT2D eigenvalue weighted by Gasteiger charge is -2.10. The Hall–Kier alpha value is -0.500. The van der Waals surface area contributed by atoms with Crippen LogP contribution in [0.2, 0.25) is 0 Å². The van der Waals surface area contributed by atoms with Gasteiger partial charge in [-0.3, -0.25) is 0 Å². The van der Waals surface area contributed by atoms with E-state index in [0.29, 0.717) is 5.75 Å². The first-order valence-corrected chi connectivity index (χ1v) is 10.5. The van der Waals surface area contributed by atoms with Crippen LogP contribution < -0.4 is 4.74 Å². The summed E-state index contributed by atoms with van der Waals surface area (Å²) in [4.78, 5) is 4.14. The fraction of sp³-hybridized carbons (Fsp3) is 0.400. The van der Waals surface area contributed by atoms with Gasteiger partial charge >= 0.3 is 0 Å². The third-order valence-electron chi connectivity index (χ3n) is 2.98. The third kappa shape index (κ3) is 18.8. The fourth-order valence-electron chi connectivity index (χ4n) is 1.49. The first-order chi connectivity index (χ1) is 12.7. The van der Waals surface area contributed by atoms with Crippen molar-refractivity contribution in [3.63, 3.8) is 0 Å². The van der Waals surface area contributed by atoms with Gasteiger partial charge < -0.3 is 19.6 Å². The Labute approximate surface area is 197 Å². The highest BCUT2D eigenvalue weighted by Gasteiger charge is 1.94. The molecule has 0 bridgehead atoms. The molecule has 8 heteroatoms. The molecule has 160 valence electrons. The van der Waals surface area contributed by atoms with Gasteiger partial charge in [-0.2, -0.15) is 0 Å². The lowest BCUT2D eigenvalue weighted by Crippen LogP contribution is -2.19. The Kier molecular flexibility index (Phi) is 19.6. The monoisotopic (exact) mass is 558 g/mol. The summed E-state index contributed by atoms with van der Waals surface area (Å²) in [6.07, 6.45) is 0. The Bertz CT molecular complexity index is 577. The molecule has 0 aliphatic heterocycles. The number of benzene rings is 2. The number of phenolic OH excluding ortho intramolecular Hbond substituents is 1. The van der Waals surface area contributed by atoms with E-state index in [0.717, 1.165) is 40.3 Å². The second-order valence-electron chi connectivity index (χ2n) is 6.07. The van der Waals surface area contributed by atoms with E-state index in [4.69, 9.17) is 21.4 Å². The van der Waals surface area contributed by atoms with E-state index in [1.807, 2.05) is 57.4 Å². The van der Waals surface area contributed by atoms with Crippen LogP contribution in [0.1, 0.15) is 0 Å². The minimum atomic E-state index is 0. The largest absolute Gasteiger partial charge is 0.508 e. The van der Waals surface area contributed by atoms with Gasteiger partial charge in [-0.15, -0.1) is 24.0 Å². The SMILES string of the molecule is CN(C)CCCl.CN(C)CCOc1ccc(Br)cc1.Cl.Oc1ccc(Br)cc1. The molecular formula is C20H30Br2Cl2N2O2. The zero-order valence-electron chi connectivity index (χ0n) is 16.7. The number of alkyl halides is 1. The standard InChI is InChI=1S/C10H14BrNO.C6H5BrO.C4H10ClN.ClH/c1-12(2)7-8-13-10-5-3-9(11)4-6-10;7-5-1-3-6(8)4-2-5;1-6(2)4-3-5;/h3-6H,7-8H2,1-2H3;1-4,8H;3-4H2,1-2H3;1H. The van der Waals surface area contributed by atoms with E-state index in [1.54, 1.807) is 24.3 Å². The van der Waals surface area contributed by atoms with E-state index < -0.39 is 0 Å². The lowest BCUT2D eigenvalue weighted by atomic mass is 10.3. The molecule has 1 N–H and O–H groups in total. The molecule has 0 atom stereocenters. The second kappa shape index (κ2) is 18.5. The van der Waals surface area contributed by atoms with Crippen molar-refractivity contribution in [1.29, 1.82) is 0 Å². The van der Waals surface area contributed by atoms with Crippen molar-refractivity contribution in [2.45, 2.75) is 0 Å². The number of likely N-dealkylation sites (N-methyl/N-ethyl adjacent to an activating group) is 1. The third-order valence-corrected chi connectivity index (χ3v) is 4.21. The van der Waals surface area contributed by atoms with Crippen LogP contribution >= 0.6 is 55.9 Å². The zero-order chi connectivity index (χ0) is 20.7. The second-order valence-corrected chi connectivity index (χ2v) is 8.28. The average molecular weight is 561 g/mol. The highest BCUT2D eigenvalue weighted by molar-refractivity contribution is 9.10. The summed E-state index contributed by atoms with van der Waals surface area (Å²) in [5.41, 5.74) is 0. The van der Waals surface area contributed by atoms with Crippen LogP contribution in [-0.2, 0) is 0 Å². The Morgan fingerprint density at radius 1 is 0.821 bits per heavy atom. The highest BCUT2D eigenvalue weighted by atomic mass is 79.9. The summed E-state index contributed by atoms with van der Waals surface area (Å²) < 4.78 is 7.57. The number of aromatic hydroxyl groups is 1.